The van der Waals surface area contributed by atoms with E-state index >= 15 is 0 Å². The molecular formula is C11H21N. The van der Waals surface area contributed by atoms with E-state index < -0.39 is 0 Å². The Morgan fingerprint density at radius 2 is 1.92 bits per heavy atom. The average molecular weight is 167 g/mol. The minimum absolute atomic E-state index is 0.750. The van der Waals surface area contributed by atoms with Crippen molar-refractivity contribution in [2.24, 2.45) is 5.73 Å². The zero-order chi connectivity index (χ0) is 9.82. The summed E-state index contributed by atoms with van der Waals surface area (Å²) >= 11 is 0. The third-order valence-electron chi connectivity index (χ3n) is 0.997. The SMILES string of the molecule is C=C/C=C(C)\C=C\CC.CCN. The van der Waals surface area contributed by atoms with Gasteiger partial charge in [0.15, 0.2) is 0 Å². The molecule has 0 aliphatic carbocycles. The van der Waals surface area contributed by atoms with Crippen molar-refractivity contribution < 1.29 is 0 Å². The molecule has 0 heterocycles. The van der Waals surface area contributed by atoms with Crippen LogP contribution in [0.25, 0.3) is 0 Å². The van der Waals surface area contributed by atoms with Crippen LogP contribution in [0.2, 0.25) is 0 Å². The van der Waals surface area contributed by atoms with Crippen molar-refractivity contribution in [2.45, 2.75) is 27.2 Å². The van der Waals surface area contributed by atoms with E-state index in [0.717, 1.165) is 13.0 Å². The van der Waals surface area contributed by atoms with Crippen molar-refractivity contribution >= 4 is 0 Å². The molecular weight excluding hydrogens is 146 g/mol. The van der Waals surface area contributed by atoms with E-state index in [2.05, 4.69) is 32.6 Å². The van der Waals surface area contributed by atoms with Gasteiger partial charge < -0.3 is 5.73 Å². The first-order valence-electron chi connectivity index (χ1n) is 4.38. The molecule has 0 unspecified atom stereocenters. The summed E-state index contributed by atoms with van der Waals surface area (Å²) in [4.78, 5) is 0. The smallest absolute Gasteiger partial charge is 0.0106 e. The van der Waals surface area contributed by atoms with E-state index in [1.165, 1.54) is 5.57 Å². The quantitative estimate of drug-likeness (QED) is 0.642. The van der Waals surface area contributed by atoms with Crippen LogP contribution in [0.5, 0.6) is 0 Å². The normalized spacial score (nSPS) is 10.8. The molecule has 0 aromatic rings. The Bertz CT molecular complexity index is 143. The third kappa shape index (κ3) is 16.1. The summed E-state index contributed by atoms with van der Waals surface area (Å²) in [7, 11) is 0. The van der Waals surface area contributed by atoms with Gasteiger partial charge in [-0.05, 0) is 19.9 Å². The number of hydrogen-bond donors (Lipinski definition) is 1. The molecule has 70 valence electrons. The van der Waals surface area contributed by atoms with Gasteiger partial charge in [0.05, 0.1) is 0 Å². The van der Waals surface area contributed by atoms with E-state index in [0.29, 0.717) is 0 Å². The van der Waals surface area contributed by atoms with E-state index in [1.54, 1.807) is 6.08 Å². The van der Waals surface area contributed by atoms with Gasteiger partial charge in [0.2, 0.25) is 0 Å². The molecule has 0 saturated heterocycles. The van der Waals surface area contributed by atoms with Crippen molar-refractivity contribution in [3.63, 3.8) is 0 Å². The highest BCUT2D eigenvalue weighted by atomic mass is 14.5. The second-order valence-electron chi connectivity index (χ2n) is 2.37. The Labute approximate surface area is 76.7 Å². The molecule has 12 heavy (non-hydrogen) atoms. The molecule has 0 amide bonds. The summed E-state index contributed by atoms with van der Waals surface area (Å²) in [5.74, 6) is 0. The highest BCUT2D eigenvalue weighted by Gasteiger charge is 1.73. The van der Waals surface area contributed by atoms with Crippen LogP contribution in [-0.4, -0.2) is 6.54 Å². The summed E-state index contributed by atoms with van der Waals surface area (Å²) in [6, 6.07) is 0. The minimum Gasteiger partial charge on any atom is -0.331 e. The maximum absolute atomic E-state index is 4.85. The summed E-state index contributed by atoms with van der Waals surface area (Å²) in [5.41, 5.74) is 6.10. The predicted octanol–water partition coefficient (Wildman–Crippen LogP) is 3.05. The molecule has 0 radical (unpaired) electrons. The second kappa shape index (κ2) is 12.8. The molecule has 0 atom stereocenters. The molecule has 0 rings (SSSR count). The molecule has 1 nitrogen and oxygen atoms in total. The van der Waals surface area contributed by atoms with Crippen molar-refractivity contribution in [3.05, 3.63) is 36.5 Å². The molecule has 0 aliphatic heterocycles. The predicted molar refractivity (Wildman–Crippen MR) is 58.1 cm³/mol. The van der Waals surface area contributed by atoms with Gasteiger partial charge in [-0.15, -0.1) is 0 Å². The lowest BCUT2D eigenvalue weighted by molar-refractivity contribution is 1.14. The van der Waals surface area contributed by atoms with Gasteiger partial charge in [0.25, 0.3) is 0 Å². The van der Waals surface area contributed by atoms with Gasteiger partial charge in [-0.3, -0.25) is 0 Å². The first kappa shape index (κ1) is 13.7. The van der Waals surface area contributed by atoms with Crippen LogP contribution in [-0.2, 0) is 0 Å². The molecule has 0 aromatic heterocycles. The van der Waals surface area contributed by atoms with Gasteiger partial charge in [-0.2, -0.15) is 0 Å². The fraction of sp³-hybridized carbons (Fsp3) is 0.455. The van der Waals surface area contributed by atoms with Gasteiger partial charge in [-0.25, -0.2) is 0 Å². The average Bonchev–Trinajstić information content (AvgIpc) is 2.03. The lowest BCUT2D eigenvalue weighted by atomic mass is 10.2. The fourth-order valence-corrected chi connectivity index (χ4v) is 0.545. The molecule has 0 bridgehead atoms. The van der Waals surface area contributed by atoms with Gasteiger partial charge in [-0.1, -0.05) is 50.3 Å². The molecule has 0 spiro atoms. The molecule has 1 heteroatoms. The Kier molecular flexibility index (Phi) is 14.7. The van der Waals surface area contributed by atoms with Gasteiger partial charge >= 0.3 is 0 Å². The highest BCUT2D eigenvalue weighted by Crippen LogP contribution is 1.95. The molecule has 2 N–H and O–H groups in total. The van der Waals surface area contributed by atoms with E-state index in [-0.39, 0.29) is 0 Å². The highest BCUT2D eigenvalue weighted by molar-refractivity contribution is 5.20. The van der Waals surface area contributed by atoms with Crippen molar-refractivity contribution in [1.29, 1.82) is 0 Å². The lowest BCUT2D eigenvalue weighted by Crippen LogP contribution is -1.87. The Balaban J connectivity index is 0. The van der Waals surface area contributed by atoms with Crippen LogP contribution in [0.15, 0.2) is 36.5 Å². The minimum atomic E-state index is 0.750. The van der Waals surface area contributed by atoms with Crippen LogP contribution in [0, 0.1) is 0 Å². The van der Waals surface area contributed by atoms with Crippen molar-refractivity contribution in [3.8, 4) is 0 Å². The van der Waals surface area contributed by atoms with Crippen LogP contribution >= 0.6 is 0 Å². The number of nitrogens with two attached hydrogens (primary N) is 1. The van der Waals surface area contributed by atoms with Crippen molar-refractivity contribution in [2.75, 3.05) is 6.54 Å². The van der Waals surface area contributed by atoms with E-state index in [1.807, 2.05) is 13.0 Å². The summed E-state index contributed by atoms with van der Waals surface area (Å²) in [5, 5.41) is 0. The number of rotatable bonds is 3. The maximum Gasteiger partial charge on any atom is -0.0106 e. The first-order chi connectivity index (χ1) is 5.72. The Hall–Kier alpha value is -0.820. The summed E-state index contributed by atoms with van der Waals surface area (Å²) in [6.07, 6.45) is 9.13. The lowest BCUT2D eigenvalue weighted by Gasteiger charge is -1.84. The van der Waals surface area contributed by atoms with Crippen molar-refractivity contribution in [1.82, 2.24) is 0 Å². The second-order valence-corrected chi connectivity index (χ2v) is 2.37. The van der Waals surface area contributed by atoms with Gasteiger partial charge in [0.1, 0.15) is 0 Å². The maximum atomic E-state index is 4.85. The number of allylic oxidation sites excluding steroid dienone is 5. The van der Waals surface area contributed by atoms with Crippen LogP contribution in [0.3, 0.4) is 0 Å². The van der Waals surface area contributed by atoms with Gasteiger partial charge in [0, 0.05) is 0 Å². The topological polar surface area (TPSA) is 26.0 Å². The molecule has 0 saturated carbocycles. The first-order valence-corrected chi connectivity index (χ1v) is 4.38. The zero-order valence-corrected chi connectivity index (χ0v) is 8.51. The zero-order valence-electron chi connectivity index (χ0n) is 8.51. The summed E-state index contributed by atoms with van der Waals surface area (Å²) < 4.78 is 0. The van der Waals surface area contributed by atoms with E-state index in [9.17, 15) is 0 Å². The number of hydrogen-bond acceptors (Lipinski definition) is 1. The Morgan fingerprint density at radius 1 is 1.42 bits per heavy atom. The fourth-order valence-electron chi connectivity index (χ4n) is 0.545. The standard InChI is InChI=1S/C9H14.C2H7N/c1-4-6-8-9(3)7-5-2;1-2-3/h5-8H,2,4H2,1,3H3;2-3H2,1H3/b8-6+,9-7-;. The van der Waals surface area contributed by atoms with Crippen LogP contribution in [0.1, 0.15) is 27.2 Å². The van der Waals surface area contributed by atoms with E-state index in [4.69, 9.17) is 5.73 Å². The molecule has 0 aromatic carbocycles. The van der Waals surface area contributed by atoms with Crippen LogP contribution in [0.4, 0.5) is 0 Å². The Morgan fingerprint density at radius 3 is 2.25 bits per heavy atom. The largest absolute Gasteiger partial charge is 0.331 e. The molecule has 0 aliphatic rings. The molecule has 0 fully saturated rings. The third-order valence-corrected chi connectivity index (χ3v) is 0.997. The monoisotopic (exact) mass is 167 g/mol. The van der Waals surface area contributed by atoms with Crippen LogP contribution < -0.4 is 5.73 Å². The summed E-state index contributed by atoms with van der Waals surface area (Å²) in [6.45, 7) is 10.4.